The van der Waals surface area contributed by atoms with Gasteiger partial charge >= 0.3 is 0 Å². The number of benzene rings is 1. The third-order valence-corrected chi connectivity index (χ3v) is 5.28. The molecule has 3 rings (SSSR count). The van der Waals surface area contributed by atoms with Gasteiger partial charge in [0.25, 0.3) is 5.91 Å². The molecule has 5 heteroatoms. The van der Waals surface area contributed by atoms with Gasteiger partial charge in [-0.3, -0.25) is 4.79 Å². The third-order valence-electron chi connectivity index (χ3n) is 5.28. The Bertz CT molecular complexity index is 752. The van der Waals surface area contributed by atoms with Crippen LogP contribution in [0.5, 0.6) is 0 Å². The summed E-state index contributed by atoms with van der Waals surface area (Å²) in [6.07, 6.45) is 0.857. The van der Waals surface area contributed by atoms with Crippen molar-refractivity contribution in [1.29, 1.82) is 0 Å². The number of halogens is 1. The number of aryl methyl sites for hydroxylation is 1. The SMILES string of the molecule is Cc1cc(C(=O)N2CCC(N)C(C)(C)C2)c(C)n1-c1ccccc1.Cl. The van der Waals surface area contributed by atoms with Crippen molar-refractivity contribution in [2.75, 3.05) is 13.1 Å². The highest BCUT2D eigenvalue weighted by Gasteiger charge is 2.36. The van der Waals surface area contributed by atoms with Crippen molar-refractivity contribution >= 4 is 18.3 Å². The van der Waals surface area contributed by atoms with Crippen molar-refractivity contribution in [3.05, 3.63) is 53.3 Å². The molecule has 2 heterocycles. The van der Waals surface area contributed by atoms with Gasteiger partial charge in [-0.1, -0.05) is 32.0 Å². The fraction of sp³-hybridized carbons (Fsp3) is 0.450. The Morgan fingerprint density at radius 2 is 1.84 bits per heavy atom. The van der Waals surface area contributed by atoms with E-state index in [1.165, 1.54) is 0 Å². The average molecular weight is 362 g/mol. The quantitative estimate of drug-likeness (QED) is 0.886. The molecule has 1 atom stereocenters. The number of para-hydroxylation sites is 1. The van der Waals surface area contributed by atoms with Gasteiger partial charge in [0, 0.05) is 36.2 Å². The van der Waals surface area contributed by atoms with Crippen molar-refractivity contribution in [3.63, 3.8) is 0 Å². The van der Waals surface area contributed by atoms with Crippen molar-refractivity contribution in [2.45, 2.75) is 40.2 Å². The summed E-state index contributed by atoms with van der Waals surface area (Å²) in [6, 6.07) is 12.3. The second-order valence-electron chi connectivity index (χ2n) is 7.57. The zero-order chi connectivity index (χ0) is 17.5. The Morgan fingerprint density at radius 1 is 1.20 bits per heavy atom. The topological polar surface area (TPSA) is 51.3 Å². The van der Waals surface area contributed by atoms with Crippen LogP contribution in [-0.2, 0) is 0 Å². The van der Waals surface area contributed by atoms with Crippen molar-refractivity contribution in [2.24, 2.45) is 11.1 Å². The lowest BCUT2D eigenvalue weighted by Crippen LogP contribution is -2.54. The number of nitrogens with two attached hydrogens (primary N) is 1. The van der Waals surface area contributed by atoms with Crippen LogP contribution in [0.2, 0.25) is 0 Å². The molecule has 1 aliphatic heterocycles. The van der Waals surface area contributed by atoms with Crippen LogP contribution in [0.3, 0.4) is 0 Å². The molecular weight excluding hydrogens is 334 g/mol. The minimum Gasteiger partial charge on any atom is -0.338 e. The van der Waals surface area contributed by atoms with Gasteiger partial charge in [0.1, 0.15) is 0 Å². The molecule has 4 nitrogen and oxygen atoms in total. The molecule has 0 radical (unpaired) electrons. The molecule has 136 valence electrons. The molecular formula is C20H28ClN3O. The van der Waals surface area contributed by atoms with Gasteiger partial charge in [-0.05, 0) is 43.9 Å². The first-order valence-electron chi connectivity index (χ1n) is 8.60. The zero-order valence-corrected chi connectivity index (χ0v) is 16.3. The summed E-state index contributed by atoms with van der Waals surface area (Å²) in [5.41, 5.74) is 10.1. The molecule has 0 saturated carbocycles. The van der Waals surface area contributed by atoms with Gasteiger partial charge in [0.05, 0.1) is 5.56 Å². The van der Waals surface area contributed by atoms with E-state index >= 15 is 0 Å². The zero-order valence-electron chi connectivity index (χ0n) is 15.5. The van der Waals surface area contributed by atoms with E-state index < -0.39 is 0 Å². The van der Waals surface area contributed by atoms with E-state index in [0.29, 0.717) is 6.54 Å². The predicted molar refractivity (Wildman–Crippen MR) is 105 cm³/mol. The van der Waals surface area contributed by atoms with Crippen LogP contribution in [0.4, 0.5) is 0 Å². The molecule has 1 unspecified atom stereocenters. The molecule has 2 N–H and O–H groups in total. The van der Waals surface area contributed by atoms with Crippen LogP contribution in [0, 0.1) is 19.3 Å². The Labute approximate surface area is 156 Å². The molecule has 1 aromatic carbocycles. The summed E-state index contributed by atoms with van der Waals surface area (Å²) in [5.74, 6) is 0.116. The second kappa shape index (κ2) is 7.22. The van der Waals surface area contributed by atoms with Crippen molar-refractivity contribution in [3.8, 4) is 5.69 Å². The number of amides is 1. The molecule has 1 saturated heterocycles. The molecule has 1 aliphatic rings. The van der Waals surface area contributed by atoms with Gasteiger partial charge < -0.3 is 15.2 Å². The Balaban J connectivity index is 0.00000225. The van der Waals surface area contributed by atoms with E-state index in [2.05, 4.69) is 30.5 Å². The first kappa shape index (κ1) is 19.5. The van der Waals surface area contributed by atoms with Gasteiger partial charge in [0.2, 0.25) is 0 Å². The molecule has 1 fully saturated rings. The fourth-order valence-corrected chi connectivity index (χ4v) is 3.67. The Morgan fingerprint density at radius 3 is 2.44 bits per heavy atom. The minimum atomic E-state index is -0.0428. The first-order chi connectivity index (χ1) is 11.3. The number of piperidine rings is 1. The fourth-order valence-electron chi connectivity index (χ4n) is 3.67. The smallest absolute Gasteiger partial charge is 0.255 e. The summed E-state index contributed by atoms with van der Waals surface area (Å²) in [7, 11) is 0. The molecule has 0 spiro atoms. The van der Waals surface area contributed by atoms with Crippen LogP contribution in [0.25, 0.3) is 5.69 Å². The van der Waals surface area contributed by atoms with E-state index in [1.807, 2.05) is 43.0 Å². The van der Waals surface area contributed by atoms with E-state index in [1.54, 1.807) is 0 Å². The number of rotatable bonds is 2. The van der Waals surface area contributed by atoms with Crippen molar-refractivity contribution < 1.29 is 4.79 Å². The van der Waals surface area contributed by atoms with Gasteiger partial charge in [-0.25, -0.2) is 0 Å². The average Bonchev–Trinajstić information content (AvgIpc) is 2.85. The maximum atomic E-state index is 13.1. The highest BCUT2D eigenvalue weighted by molar-refractivity contribution is 5.96. The van der Waals surface area contributed by atoms with Crippen LogP contribution in [-0.4, -0.2) is 34.5 Å². The largest absolute Gasteiger partial charge is 0.338 e. The number of nitrogens with zero attached hydrogens (tertiary/aromatic N) is 2. The van der Waals surface area contributed by atoms with E-state index in [-0.39, 0.29) is 29.8 Å². The number of hydrogen-bond acceptors (Lipinski definition) is 2. The Hall–Kier alpha value is -1.78. The molecule has 0 bridgehead atoms. The Kier molecular flexibility index (Phi) is 5.65. The molecule has 25 heavy (non-hydrogen) atoms. The second-order valence-corrected chi connectivity index (χ2v) is 7.57. The van der Waals surface area contributed by atoms with Crippen LogP contribution < -0.4 is 5.73 Å². The lowest BCUT2D eigenvalue weighted by Gasteiger charge is -2.42. The highest BCUT2D eigenvalue weighted by atomic mass is 35.5. The van der Waals surface area contributed by atoms with Crippen molar-refractivity contribution in [1.82, 2.24) is 9.47 Å². The maximum absolute atomic E-state index is 13.1. The van der Waals surface area contributed by atoms with E-state index in [0.717, 1.165) is 35.6 Å². The van der Waals surface area contributed by atoms with Gasteiger partial charge in [0.15, 0.2) is 0 Å². The summed E-state index contributed by atoms with van der Waals surface area (Å²) < 4.78 is 2.15. The molecule has 1 amide bonds. The van der Waals surface area contributed by atoms with Crippen LogP contribution in [0.1, 0.15) is 42.0 Å². The standard InChI is InChI=1S/C20H27N3O.ClH/c1-14-12-17(15(2)23(14)16-8-6-5-7-9-16)19(24)22-11-10-18(21)20(3,4)13-22;/h5-9,12,18H,10-11,13,21H2,1-4H3;1H. The first-order valence-corrected chi connectivity index (χ1v) is 8.60. The van der Waals surface area contributed by atoms with E-state index in [4.69, 9.17) is 5.73 Å². The number of hydrogen-bond donors (Lipinski definition) is 1. The lowest BCUT2D eigenvalue weighted by molar-refractivity contribution is 0.0532. The van der Waals surface area contributed by atoms with Crippen LogP contribution in [0.15, 0.2) is 36.4 Å². The minimum absolute atomic E-state index is 0. The summed E-state index contributed by atoms with van der Waals surface area (Å²) in [5, 5.41) is 0. The molecule has 1 aromatic heterocycles. The highest BCUT2D eigenvalue weighted by Crippen LogP contribution is 2.30. The monoisotopic (exact) mass is 361 g/mol. The number of likely N-dealkylation sites (tertiary alicyclic amines) is 1. The molecule has 0 aliphatic carbocycles. The van der Waals surface area contributed by atoms with Gasteiger partial charge in [-0.2, -0.15) is 0 Å². The molecule has 2 aromatic rings. The summed E-state index contributed by atoms with van der Waals surface area (Å²) in [4.78, 5) is 15.0. The maximum Gasteiger partial charge on any atom is 0.255 e. The summed E-state index contributed by atoms with van der Waals surface area (Å²) >= 11 is 0. The normalized spacial score (nSPS) is 19.4. The summed E-state index contributed by atoms with van der Waals surface area (Å²) in [6.45, 7) is 9.80. The number of aromatic nitrogens is 1. The van der Waals surface area contributed by atoms with E-state index in [9.17, 15) is 4.79 Å². The van der Waals surface area contributed by atoms with Crippen LogP contribution >= 0.6 is 12.4 Å². The van der Waals surface area contributed by atoms with Gasteiger partial charge in [-0.15, -0.1) is 12.4 Å². The number of carbonyl (C=O) groups is 1. The predicted octanol–water partition coefficient (Wildman–Crippen LogP) is 3.72. The third kappa shape index (κ3) is 3.60. The lowest BCUT2D eigenvalue weighted by atomic mass is 9.79. The number of carbonyl (C=O) groups excluding carboxylic acids is 1.